The van der Waals surface area contributed by atoms with Gasteiger partial charge in [0, 0.05) is 21.8 Å². The highest BCUT2D eigenvalue weighted by molar-refractivity contribution is 9.10. The summed E-state index contributed by atoms with van der Waals surface area (Å²) in [6.07, 6.45) is 1.44. The highest BCUT2D eigenvalue weighted by atomic mass is 79.9. The molecule has 31 heavy (non-hydrogen) atoms. The maximum Gasteiger partial charge on any atom is 0.329 e. The lowest BCUT2D eigenvalue weighted by Crippen LogP contribution is -2.38. The Balaban J connectivity index is 1.44. The van der Waals surface area contributed by atoms with Crippen molar-refractivity contribution >= 4 is 45.5 Å². The van der Waals surface area contributed by atoms with Gasteiger partial charge >= 0.3 is 6.03 Å². The molecule has 2 N–H and O–H groups in total. The number of hydrogen-bond acceptors (Lipinski definition) is 4. The van der Waals surface area contributed by atoms with Gasteiger partial charge in [-0.3, -0.25) is 9.59 Å². The van der Waals surface area contributed by atoms with Gasteiger partial charge in [-0.2, -0.15) is 0 Å². The van der Waals surface area contributed by atoms with Crippen LogP contribution in [0.25, 0.3) is 17.4 Å². The number of urea groups is 1. The molecule has 4 amide bonds. The van der Waals surface area contributed by atoms with Crippen molar-refractivity contribution in [3.05, 3.63) is 82.2 Å². The molecule has 156 valence electrons. The van der Waals surface area contributed by atoms with E-state index in [0.717, 1.165) is 20.5 Å². The van der Waals surface area contributed by atoms with Crippen molar-refractivity contribution < 1.29 is 18.8 Å². The molecule has 2 heterocycles. The molecule has 0 radical (unpaired) electrons. The van der Waals surface area contributed by atoms with E-state index in [2.05, 4.69) is 26.6 Å². The maximum atomic E-state index is 12.6. The zero-order valence-corrected chi connectivity index (χ0v) is 18.1. The normalized spacial score (nSPS) is 14.8. The molecule has 1 aliphatic heterocycles. The standard InChI is InChI=1S/C23H18BrN3O4/c1-14-2-8-17(9-3-14)25-21(28)13-27-22(29)19(26-23(27)30)12-18-10-11-20(31-18)15-4-6-16(24)7-5-15/h2-12H,13H2,1H3,(H,25,28)(H,26,30)/b19-12-. The Morgan fingerprint density at radius 3 is 2.48 bits per heavy atom. The fourth-order valence-electron chi connectivity index (χ4n) is 3.04. The van der Waals surface area contributed by atoms with Crippen LogP contribution in [-0.4, -0.2) is 29.3 Å². The van der Waals surface area contributed by atoms with Crippen LogP contribution in [0.3, 0.4) is 0 Å². The summed E-state index contributed by atoms with van der Waals surface area (Å²) in [5.74, 6) is -0.0206. The largest absolute Gasteiger partial charge is 0.457 e. The number of hydrogen-bond donors (Lipinski definition) is 2. The van der Waals surface area contributed by atoms with Crippen molar-refractivity contribution in [2.75, 3.05) is 11.9 Å². The van der Waals surface area contributed by atoms with Crippen LogP contribution >= 0.6 is 15.9 Å². The molecule has 8 heteroatoms. The second-order valence-electron chi connectivity index (χ2n) is 7.00. The molecule has 0 unspecified atom stereocenters. The van der Waals surface area contributed by atoms with E-state index in [0.29, 0.717) is 17.2 Å². The lowest BCUT2D eigenvalue weighted by molar-refractivity contribution is -0.127. The van der Waals surface area contributed by atoms with Gasteiger partial charge in [-0.05, 0) is 43.3 Å². The minimum Gasteiger partial charge on any atom is -0.457 e. The van der Waals surface area contributed by atoms with Crippen LogP contribution in [0.1, 0.15) is 11.3 Å². The molecule has 1 fully saturated rings. The smallest absolute Gasteiger partial charge is 0.329 e. The molecule has 1 saturated heterocycles. The summed E-state index contributed by atoms with van der Waals surface area (Å²) in [5.41, 5.74) is 2.58. The third-order valence-corrected chi connectivity index (χ3v) is 5.17. The second kappa shape index (κ2) is 8.61. The fraction of sp³-hybridized carbons (Fsp3) is 0.0870. The minimum atomic E-state index is -0.657. The Labute approximate surface area is 186 Å². The quantitative estimate of drug-likeness (QED) is 0.414. The monoisotopic (exact) mass is 479 g/mol. The first kappa shape index (κ1) is 20.6. The summed E-state index contributed by atoms with van der Waals surface area (Å²) in [5, 5.41) is 5.16. The van der Waals surface area contributed by atoms with Crippen molar-refractivity contribution in [2.24, 2.45) is 0 Å². The number of nitrogens with one attached hydrogen (secondary N) is 2. The van der Waals surface area contributed by atoms with Gasteiger partial charge in [-0.25, -0.2) is 9.69 Å². The number of furan rings is 1. The number of halogens is 1. The molecule has 0 spiro atoms. The molecule has 2 aromatic carbocycles. The zero-order chi connectivity index (χ0) is 22.0. The average molecular weight is 480 g/mol. The number of anilines is 1. The van der Waals surface area contributed by atoms with E-state index in [1.807, 2.05) is 43.3 Å². The van der Waals surface area contributed by atoms with Gasteiger partial charge in [0.1, 0.15) is 23.8 Å². The first-order valence-electron chi connectivity index (χ1n) is 9.46. The highest BCUT2D eigenvalue weighted by Gasteiger charge is 2.35. The van der Waals surface area contributed by atoms with E-state index in [4.69, 9.17) is 4.42 Å². The summed E-state index contributed by atoms with van der Waals surface area (Å²) in [4.78, 5) is 38.0. The maximum absolute atomic E-state index is 12.6. The Kier molecular flexibility index (Phi) is 5.73. The van der Waals surface area contributed by atoms with E-state index in [-0.39, 0.29) is 5.70 Å². The molecule has 0 bridgehead atoms. The Bertz CT molecular complexity index is 1180. The molecular weight excluding hydrogens is 462 g/mol. The molecule has 1 aliphatic rings. The molecule has 7 nitrogen and oxygen atoms in total. The van der Waals surface area contributed by atoms with Gasteiger partial charge in [0.05, 0.1) is 0 Å². The first-order valence-corrected chi connectivity index (χ1v) is 10.3. The lowest BCUT2D eigenvalue weighted by Gasteiger charge is -2.12. The van der Waals surface area contributed by atoms with Gasteiger partial charge in [-0.15, -0.1) is 0 Å². The summed E-state index contributed by atoms with van der Waals surface area (Å²) < 4.78 is 6.72. The number of nitrogens with zero attached hydrogens (tertiary/aromatic N) is 1. The van der Waals surface area contributed by atoms with Crippen molar-refractivity contribution in [1.29, 1.82) is 0 Å². The highest BCUT2D eigenvalue weighted by Crippen LogP contribution is 2.25. The molecule has 0 atom stereocenters. The summed E-state index contributed by atoms with van der Waals surface area (Å²) in [6, 6.07) is 17.6. The van der Waals surface area contributed by atoms with Crippen LogP contribution in [0.15, 0.2) is 75.3 Å². The van der Waals surface area contributed by atoms with E-state index in [1.165, 1.54) is 6.08 Å². The van der Waals surface area contributed by atoms with E-state index < -0.39 is 24.4 Å². The van der Waals surface area contributed by atoms with E-state index in [1.54, 1.807) is 24.3 Å². The Morgan fingerprint density at radius 1 is 1.06 bits per heavy atom. The number of aryl methyl sites for hydroxylation is 1. The molecule has 3 aromatic rings. The van der Waals surface area contributed by atoms with Crippen LogP contribution in [0.4, 0.5) is 10.5 Å². The van der Waals surface area contributed by atoms with Crippen LogP contribution in [-0.2, 0) is 9.59 Å². The summed E-state index contributed by atoms with van der Waals surface area (Å²) in [7, 11) is 0. The van der Waals surface area contributed by atoms with Crippen molar-refractivity contribution in [3.63, 3.8) is 0 Å². The topological polar surface area (TPSA) is 91.7 Å². The Morgan fingerprint density at radius 2 is 1.77 bits per heavy atom. The third kappa shape index (κ3) is 4.75. The predicted octanol–water partition coefficient (Wildman–Crippen LogP) is 4.55. The van der Waals surface area contributed by atoms with Gasteiger partial charge in [0.25, 0.3) is 5.91 Å². The minimum absolute atomic E-state index is 0.0462. The molecule has 1 aromatic heterocycles. The number of carbonyl (C=O) groups is 3. The second-order valence-corrected chi connectivity index (χ2v) is 7.92. The SMILES string of the molecule is Cc1ccc(NC(=O)CN2C(=O)N/C(=C\c3ccc(-c4ccc(Br)cc4)o3)C2=O)cc1. The van der Waals surface area contributed by atoms with E-state index in [9.17, 15) is 14.4 Å². The van der Waals surface area contributed by atoms with Gasteiger partial charge < -0.3 is 15.1 Å². The van der Waals surface area contributed by atoms with Gasteiger partial charge in [-0.1, -0.05) is 45.8 Å². The van der Waals surface area contributed by atoms with Crippen molar-refractivity contribution in [1.82, 2.24) is 10.2 Å². The lowest BCUT2D eigenvalue weighted by atomic mass is 10.2. The van der Waals surface area contributed by atoms with Crippen LogP contribution in [0.2, 0.25) is 0 Å². The van der Waals surface area contributed by atoms with Crippen LogP contribution in [0.5, 0.6) is 0 Å². The molecule has 0 aliphatic carbocycles. The average Bonchev–Trinajstić information content (AvgIpc) is 3.31. The number of rotatable bonds is 5. The summed E-state index contributed by atoms with van der Waals surface area (Å²) in [6.45, 7) is 1.55. The van der Waals surface area contributed by atoms with Crippen molar-refractivity contribution in [3.8, 4) is 11.3 Å². The van der Waals surface area contributed by atoms with Gasteiger partial charge in [0.15, 0.2) is 0 Å². The first-order chi connectivity index (χ1) is 14.9. The zero-order valence-electron chi connectivity index (χ0n) is 16.5. The molecule has 4 rings (SSSR count). The van der Waals surface area contributed by atoms with Crippen LogP contribution < -0.4 is 10.6 Å². The number of imide groups is 1. The van der Waals surface area contributed by atoms with Crippen molar-refractivity contribution in [2.45, 2.75) is 6.92 Å². The van der Waals surface area contributed by atoms with Crippen LogP contribution in [0, 0.1) is 6.92 Å². The number of carbonyl (C=O) groups excluding carboxylic acids is 3. The van der Waals surface area contributed by atoms with Gasteiger partial charge in [0.2, 0.25) is 5.91 Å². The summed E-state index contributed by atoms with van der Waals surface area (Å²) >= 11 is 3.39. The third-order valence-electron chi connectivity index (χ3n) is 4.64. The predicted molar refractivity (Wildman–Crippen MR) is 120 cm³/mol. The van der Waals surface area contributed by atoms with E-state index >= 15 is 0 Å². The number of amides is 4. The molecular formula is C23H18BrN3O4. The number of benzene rings is 2. The Hall–Kier alpha value is -3.65. The fourth-order valence-corrected chi connectivity index (χ4v) is 3.30. The molecule has 0 saturated carbocycles.